The predicted molar refractivity (Wildman–Crippen MR) is 301 cm³/mol. The molecule has 2 unspecified atom stereocenters. The Morgan fingerprint density at radius 2 is 0.725 bits per heavy atom. The van der Waals surface area contributed by atoms with Crippen molar-refractivity contribution in [2.24, 2.45) is 0 Å². The minimum Gasteiger partial charge on any atom is -0.466 e. The van der Waals surface area contributed by atoms with Crippen molar-refractivity contribution in [3.63, 3.8) is 0 Å². The maximum absolute atomic E-state index is 12.5. The summed E-state index contributed by atoms with van der Waals surface area (Å²) in [5, 5.41) is 23.3. The zero-order valence-electron chi connectivity index (χ0n) is 46.6. The van der Waals surface area contributed by atoms with Gasteiger partial charge in [-0.1, -0.05) is 295 Å². The van der Waals surface area contributed by atoms with Crippen LogP contribution >= 0.6 is 0 Å². The molecule has 0 fully saturated rings. The molecule has 69 heavy (non-hydrogen) atoms. The molecule has 0 aromatic heterocycles. The number of carbonyl (C=O) groups excluding carboxylic acids is 2. The largest absolute Gasteiger partial charge is 0.466 e. The van der Waals surface area contributed by atoms with Crippen LogP contribution < -0.4 is 5.32 Å². The minimum atomic E-state index is -0.669. The van der Waals surface area contributed by atoms with Gasteiger partial charge in [0, 0.05) is 12.8 Å². The molecule has 6 heteroatoms. The van der Waals surface area contributed by atoms with Crippen molar-refractivity contribution < 1.29 is 24.5 Å². The molecular formula is C63H121NO5. The Morgan fingerprint density at radius 3 is 1.13 bits per heavy atom. The Labute approximate surface area is 431 Å². The standard InChI is InChI=1S/C63H121NO5/c1-3-5-7-9-11-13-15-17-19-21-22-24-29-33-37-41-45-49-53-57-63(68)69-58-54-50-46-42-38-34-30-26-25-28-32-36-40-44-48-52-56-62(67)64-60(59-65)61(66)55-51-47-43-39-35-31-27-23-20-18-16-14-12-10-8-6-4-2/h11,13,17,19,60-61,65-66H,3-10,12,14-16,18,20-59H2,1-2H3,(H,64,67)/b13-11-,19-17-. The number of aliphatic hydroxyl groups is 2. The normalized spacial score (nSPS) is 12.7. The molecule has 3 N–H and O–H groups in total. The molecule has 0 spiro atoms. The molecule has 0 aromatic rings. The van der Waals surface area contributed by atoms with E-state index in [9.17, 15) is 19.8 Å². The second kappa shape index (κ2) is 58.9. The van der Waals surface area contributed by atoms with E-state index in [1.54, 1.807) is 0 Å². The van der Waals surface area contributed by atoms with Gasteiger partial charge in [0.05, 0.1) is 25.4 Å². The lowest BCUT2D eigenvalue weighted by molar-refractivity contribution is -0.143. The van der Waals surface area contributed by atoms with Crippen molar-refractivity contribution in [2.75, 3.05) is 13.2 Å². The molecule has 0 rings (SSSR count). The van der Waals surface area contributed by atoms with Gasteiger partial charge in [-0.15, -0.1) is 0 Å². The van der Waals surface area contributed by atoms with Gasteiger partial charge in [-0.3, -0.25) is 9.59 Å². The second-order valence-corrected chi connectivity index (χ2v) is 21.4. The molecule has 0 heterocycles. The number of aliphatic hydroxyl groups excluding tert-OH is 2. The fourth-order valence-electron chi connectivity index (χ4n) is 9.73. The summed E-state index contributed by atoms with van der Waals surface area (Å²) in [5.41, 5.74) is 0. The first-order valence-corrected chi connectivity index (χ1v) is 31.1. The fraction of sp³-hybridized carbons (Fsp3) is 0.905. The van der Waals surface area contributed by atoms with Crippen molar-refractivity contribution in [3.8, 4) is 0 Å². The number of carbonyl (C=O) groups is 2. The highest BCUT2D eigenvalue weighted by atomic mass is 16.5. The van der Waals surface area contributed by atoms with Crippen LogP contribution in [-0.4, -0.2) is 47.4 Å². The number of ether oxygens (including phenoxy) is 1. The van der Waals surface area contributed by atoms with Gasteiger partial charge in [0.1, 0.15) is 0 Å². The Bertz CT molecular complexity index is 1080. The molecule has 408 valence electrons. The van der Waals surface area contributed by atoms with Crippen LogP contribution in [0.15, 0.2) is 24.3 Å². The van der Waals surface area contributed by atoms with E-state index in [1.165, 1.54) is 257 Å². The molecule has 6 nitrogen and oxygen atoms in total. The molecular weight excluding hydrogens is 851 g/mol. The van der Waals surface area contributed by atoms with Crippen LogP contribution in [0, 0.1) is 0 Å². The fourth-order valence-corrected chi connectivity index (χ4v) is 9.73. The van der Waals surface area contributed by atoms with Gasteiger partial charge in [-0.05, 0) is 57.8 Å². The van der Waals surface area contributed by atoms with Crippen LogP contribution in [-0.2, 0) is 14.3 Å². The molecule has 0 saturated heterocycles. The lowest BCUT2D eigenvalue weighted by Crippen LogP contribution is -2.45. The van der Waals surface area contributed by atoms with Crippen LogP contribution in [0.4, 0.5) is 0 Å². The third-order valence-electron chi connectivity index (χ3n) is 14.5. The summed E-state index contributed by atoms with van der Waals surface area (Å²) >= 11 is 0. The summed E-state index contributed by atoms with van der Waals surface area (Å²) in [6, 6.07) is -0.547. The van der Waals surface area contributed by atoms with E-state index in [4.69, 9.17) is 4.74 Å². The zero-order chi connectivity index (χ0) is 50.0. The molecule has 0 saturated carbocycles. The number of rotatable bonds is 58. The van der Waals surface area contributed by atoms with Crippen molar-refractivity contribution >= 4 is 11.9 Å². The van der Waals surface area contributed by atoms with Crippen LogP contribution in [0.5, 0.6) is 0 Å². The lowest BCUT2D eigenvalue weighted by Gasteiger charge is -2.22. The number of hydrogen-bond donors (Lipinski definition) is 3. The zero-order valence-corrected chi connectivity index (χ0v) is 46.6. The average Bonchev–Trinajstić information content (AvgIpc) is 3.35. The highest BCUT2D eigenvalue weighted by molar-refractivity contribution is 5.76. The monoisotopic (exact) mass is 972 g/mol. The maximum atomic E-state index is 12.5. The number of allylic oxidation sites excluding steroid dienone is 4. The van der Waals surface area contributed by atoms with Gasteiger partial charge >= 0.3 is 5.97 Å². The summed E-state index contributed by atoms with van der Waals surface area (Å²) in [6.45, 7) is 4.94. The first-order valence-electron chi connectivity index (χ1n) is 31.1. The van der Waals surface area contributed by atoms with Crippen LogP contribution in [0.25, 0.3) is 0 Å². The maximum Gasteiger partial charge on any atom is 0.305 e. The van der Waals surface area contributed by atoms with Gasteiger partial charge < -0.3 is 20.3 Å². The summed E-state index contributed by atoms with van der Waals surface area (Å²) in [7, 11) is 0. The molecule has 1 amide bonds. The Hall–Kier alpha value is -1.66. The molecule has 0 bridgehead atoms. The number of unbranched alkanes of at least 4 members (excludes halogenated alkanes) is 43. The smallest absolute Gasteiger partial charge is 0.305 e. The highest BCUT2D eigenvalue weighted by Gasteiger charge is 2.20. The van der Waals surface area contributed by atoms with E-state index in [1.807, 2.05) is 0 Å². The van der Waals surface area contributed by atoms with Gasteiger partial charge in [0.2, 0.25) is 5.91 Å². The third-order valence-corrected chi connectivity index (χ3v) is 14.5. The summed E-state index contributed by atoms with van der Waals surface area (Å²) in [4.78, 5) is 24.6. The highest BCUT2D eigenvalue weighted by Crippen LogP contribution is 2.18. The van der Waals surface area contributed by atoms with E-state index in [0.717, 1.165) is 51.4 Å². The third kappa shape index (κ3) is 55.5. The predicted octanol–water partition coefficient (Wildman–Crippen LogP) is 19.4. The lowest BCUT2D eigenvalue weighted by atomic mass is 10.0. The molecule has 0 radical (unpaired) electrons. The topological polar surface area (TPSA) is 95.9 Å². The Morgan fingerprint density at radius 1 is 0.406 bits per heavy atom. The number of esters is 1. The first-order chi connectivity index (χ1) is 34.0. The summed E-state index contributed by atoms with van der Waals surface area (Å²) in [5.74, 6) is -0.0391. The molecule has 0 aromatic carbocycles. The van der Waals surface area contributed by atoms with Crippen LogP contribution in [0.2, 0.25) is 0 Å². The van der Waals surface area contributed by atoms with Crippen molar-refractivity contribution in [3.05, 3.63) is 24.3 Å². The number of amides is 1. The van der Waals surface area contributed by atoms with E-state index in [0.29, 0.717) is 25.9 Å². The Balaban J connectivity index is 3.41. The van der Waals surface area contributed by atoms with Crippen molar-refractivity contribution in [1.82, 2.24) is 5.32 Å². The number of hydrogen-bond acceptors (Lipinski definition) is 5. The SMILES string of the molecule is CCCCC/C=C\C/C=C\CCCCCCCCCCCC(=O)OCCCCCCCCCCCCCCCCCCC(=O)NC(CO)C(O)CCCCCCCCCCCCCCCCCCC. The van der Waals surface area contributed by atoms with E-state index in [2.05, 4.69) is 43.5 Å². The van der Waals surface area contributed by atoms with Crippen LogP contribution in [0.1, 0.15) is 341 Å². The second-order valence-electron chi connectivity index (χ2n) is 21.4. The average molecular weight is 973 g/mol. The van der Waals surface area contributed by atoms with Crippen molar-refractivity contribution in [1.29, 1.82) is 0 Å². The van der Waals surface area contributed by atoms with E-state index in [-0.39, 0.29) is 18.5 Å². The molecule has 0 aliphatic rings. The van der Waals surface area contributed by atoms with Gasteiger partial charge in [-0.2, -0.15) is 0 Å². The first kappa shape index (κ1) is 67.3. The van der Waals surface area contributed by atoms with Crippen LogP contribution in [0.3, 0.4) is 0 Å². The molecule has 0 aliphatic carbocycles. The van der Waals surface area contributed by atoms with Gasteiger partial charge in [-0.25, -0.2) is 0 Å². The van der Waals surface area contributed by atoms with Gasteiger partial charge in [0.25, 0.3) is 0 Å². The quantitative estimate of drug-likeness (QED) is 0.0321. The molecule has 2 atom stereocenters. The molecule has 0 aliphatic heterocycles. The Kier molecular flexibility index (Phi) is 57.5. The summed E-state index contributed by atoms with van der Waals surface area (Å²) in [6.07, 6.45) is 71.7. The number of nitrogens with one attached hydrogen (secondary N) is 1. The summed E-state index contributed by atoms with van der Waals surface area (Å²) < 4.78 is 5.49. The minimum absolute atomic E-state index is 0.000141. The van der Waals surface area contributed by atoms with E-state index < -0.39 is 12.1 Å². The van der Waals surface area contributed by atoms with Gasteiger partial charge in [0.15, 0.2) is 0 Å². The van der Waals surface area contributed by atoms with Crippen molar-refractivity contribution in [2.45, 2.75) is 353 Å². The van der Waals surface area contributed by atoms with E-state index >= 15 is 0 Å².